The van der Waals surface area contributed by atoms with E-state index in [-0.39, 0.29) is 5.91 Å². The summed E-state index contributed by atoms with van der Waals surface area (Å²) >= 11 is 0. The maximum absolute atomic E-state index is 12.6. The highest BCUT2D eigenvalue weighted by Gasteiger charge is 2.14. The van der Waals surface area contributed by atoms with Crippen molar-refractivity contribution in [3.05, 3.63) is 72.4 Å². The summed E-state index contributed by atoms with van der Waals surface area (Å²) in [5.74, 6) is 0.422. The first kappa shape index (κ1) is 21.0. The zero-order chi connectivity index (χ0) is 21.5. The highest BCUT2D eigenvalue weighted by molar-refractivity contribution is 5.95. The lowest BCUT2D eigenvalue weighted by atomic mass is 10.1. The molecule has 7 nitrogen and oxygen atoms in total. The second-order valence-electron chi connectivity index (χ2n) is 7.74. The molecule has 1 aliphatic rings. The molecule has 0 aliphatic carbocycles. The van der Waals surface area contributed by atoms with Crippen LogP contribution in [-0.4, -0.2) is 72.0 Å². The van der Waals surface area contributed by atoms with Gasteiger partial charge in [0.2, 0.25) is 5.95 Å². The number of rotatable bonds is 7. The van der Waals surface area contributed by atoms with Crippen LogP contribution in [0.4, 0.5) is 11.6 Å². The number of anilines is 2. The molecule has 1 aliphatic heterocycles. The van der Waals surface area contributed by atoms with Gasteiger partial charge in [0.1, 0.15) is 0 Å². The van der Waals surface area contributed by atoms with Gasteiger partial charge in [0.15, 0.2) is 0 Å². The van der Waals surface area contributed by atoms with Crippen LogP contribution in [-0.2, 0) is 0 Å². The monoisotopic (exact) mass is 416 g/mol. The van der Waals surface area contributed by atoms with Crippen molar-refractivity contribution in [2.24, 2.45) is 0 Å². The minimum Gasteiger partial charge on any atom is -0.351 e. The van der Waals surface area contributed by atoms with E-state index in [0.29, 0.717) is 18.1 Å². The molecule has 2 N–H and O–H groups in total. The van der Waals surface area contributed by atoms with Gasteiger partial charge >= 0.3 is 0 Å². The van der Waals surface area contributed by atoms with Crippen LogP contribution in [0.3, 0.4) is 0 Å². The molecule has 0 bridgehead atoms. The Morgan fingerprint density at radius 3 is 2.61 bits per heavy atom. The molecule has 0 unspecified atom stereocenters. The van der Waals surface area contributed by atoms with E-state index in [4.69, 9.17) is 0 Å². The van der Waals surface area contributed by atoms with E-state index >= 15 is 0 Å². The number of carbonyl (C=O) groups excluding carboxylic acids is 1. The van der Waals surface area contributed by atoms with E-state index < -0.39 is 0 Å². The van der Waals surface area contributed by atoms with Crippen LogP contribution >= 0.6 is 0 Å². The number of nitrogens with zero attached hydrogens (tertiary/aromatic N) is 4. The Hall–Kier alpha value is -3.29. The Labute approximate surface area is 183 Å². The fourth-order valence-corrected chi connectivity index (χ4v) is 3.56. The molecule has 2 heterocycles. The fraction of sp³-hybridized carbons (Fsp3) is 0.292. The van der Waals surface area contributed by atoms with Crippen molar-refractivity contribution in [2.75, 3.05) is 51.6 Å². The van der Waals surface area contributed by atoms with Gasteiger partial charge < -0.3 is 15.5 Å². The van der Waals surface area contributed by atoms with Crippen LogP contribution in [0.5, 0.6) is 0 Å². The number of piperazine rings is 1. The summed E-state index contributed by atoms with van der Waals surface area (Å²) in [6, 6.07) is 19.3. The predicted molar refractivity (Wildman–Crippen MR) is 123 cm³/mol. The molecule has 1 amide bonds. The number of aromatic nitrogens is 2. The van der Waals surface area contributed by atoms with Gasteiger partial charge in [-0.05, 0) is 31.3 Å². The van der Waals surface area contributed by atoms with Gasteiger partial charge in [0, 0.05) is 62.3 Å². The van der Waals surface area contributed by atoms with E-state index in [1.165, 1.54) is 0 Å². The standard InChI is InChI=1S/C24H28N6O/c1-29-14-16-30(17-15-29)13-12-25-23(31)20-8-5-9-21(18-20)27-24-26-11-10-22(28-24)19-6-3-2-4-7-19/h2-11,18H,12-17H2,1H3,(H,25,31)(H,26,27,28). The third kappa shape index (κ3) is 5.87. The van der Waals surface area contributed by atoms with Crippen molar-refractivity contribution in [3.63, 3.8) is 0 Å². The Morgan fingerprint density at radius 2 is 1.81 bits per heavy atom. The first-order chi connectivity index (χ1) is 15.2. The van der Waals surface area contributed by atoms with Gasteiger partial charge in [-0.15, -0.1) is 0 Å². The summed E-state index contributed by atoms with van der Waals surface area (Å²) < 4.78 is 0. The SMILES string of the molecule is CN1CCN(CCNC(=O)c2cccc(Nc3nccc(-c4ccccc4)n3)c2)CC1. The Balaban J connectivity index is 1.34. The first-order valence-electron chi connectivity index (χ1n) is 10.6. The molecule has 1 fully saturated rings. The van der Waals surface area contributed by atoms with E-state index in [2.05, 4.69) is 37.4 Å². The Morgan fingerprint density at radius 1 is 1.00 bits per heavy atom. The number of benzene rings is 2. The van der Waals surface area contributed by atoms with Crippen molar-refractivity contribution < 1.29 is 4.79 Å². The van der Waals surface area contributed by atoms with Gasteiger partial charge in [-0.25, -0.2) is 9.97 Å². The zero-order valence-corrected chi connectivity index (χ0v) is 17.8. The number of amides is 1. The summed E-state index contributed by atoms with van der Waals surface area (Å²) in [5, 5.41) is 6.23. The fourth-order valence-electron chi connectivity index (χ4n) is 3.56. The predicted octanol–water partition coefficient (Wildman–Crippen LogP) is 2.86. The van der Waals surface area contributed by atoms with Gasteiger partial charge in [-0.2, -0.15) is 0 Å². The molecule has 1 saturated heterocycles. The highest BCUT2D eigenvalue weighted by atomic mass is 16.1. The number of carbonyl (C=O) groups is 1. The molecular weight excluding hydrogens is 388 g/mol. The first-order valence-corrected chi connectivity index (χ1v) is 10.6. The smallest absolute Gasteiger partial charge is 0.251 e. The topological polar surface area (TPSA) is 73.4 Å². The maximum atomic E-state index is 12.6. The van der Waals surface area contributed by atoms with Gasteiger partial charge in [0.25, 0.3) is 5.91 Å². The second-order valence-corrected chi connectivity index (χ2v) is 7.74. The van der Waals surface area contributed by atoms with E-state index in [0.717, 1.165) is 49.7 Å². The molecule has 160 valence electrons. The third-order valence-corrected chi connectivity index (χ3v) is 5.42. The minimum atomic E-state index is -0.0725. The lowest BCUT2D eigenvalue weighted by Gasteiger charge is -2.32. The largest absolute Gasteiger partial charge is 0.351 e. The lowest BCUT2D eigenvalue weighted by molar-refractivity contribution is 0.0941. The van der Waals surface area contributed by atoms with Gasteiger partial charge in [-0.1, -0.05) is 36.4 Å². The maximum Gasteiger partial charge on any atom is 0.251 e. The van der Waals surface area contributed by atoms with Crippen LogP contribution in [0.15, 0.2) is 66.9 Å². The van der Waals surface area contributed by atoms with E-state index in [1.807, 2.05) is 60.7 Å². The third-order valence-electron chi connectivity index (χ3n) is 5.42. The molecule has 0 atom stereocenters. The molecule has 0 radical (unpaired) electrons. The number of nitrogens with one attached hydrogen (secondary N) is 2. The molecule has 1 aromatic heterocycles. The Kier molecular flexibility index (Phi) is 6.86. The lowest BCUT2D eigenvalue weighted by Crippen LogP contribution is -2.46. The van der Waals surface area contributed by atoms with Crippen molar-refractivity contribution >= 4 is 17.5 Å². The minimum absolute atomic E-state index is 0.0725. The highest BCUT2D eigenvalue weighted by Crippen LogP contribution is 2.19. The van der Waals surface area contributed by atoms with Crippen LogP contribution in [0.25, 0.3) is 11.3 Å². The summed E-state index contributed by atoms with van der Waals surface area (Å²) in [5.41, 5.74) is 3.26. The normalized spacial score (nSPS) is 14.9. The van der Waals surface area contributed by atoms with E-state index in [1.54, 1.807) is 6.20 Å². The van der Waals surface area contributed by atoms with Gasteiger partial charge in [-0.3, -0.25) is 9.69 Å². The van der Waals surface area contributed by atoms with Crippen LogP contribution < -0.4 is 10.6 Å². The van der Waals surface area contributed by atoms with Gasteiger partial charge in [0.05, 0.1) is 5.69 Å². The summed E-state index contributed by atoms with van der Waals surface area (Å²) in [6.45, 7) is 5.77. The second kappa shape index (κ2) is 10.1. The average Bonchev–Trinajstić information content (AvgIpc) is 2.81. The summed E-state index contributed by atoms with van der Waals surface area (Å²) in [7, 11) is 2.14. The Bertz CT molecular complexity index is 1000. The molecule has 2 aromatic carbocycles. The van der Waals surface area contributed by atoms with Crippen molar-refractivity contribution in [1.29, 1.82) is 0 Å². The number of likely N-dealkylation sites (N-methyl/N-ethyl adjacent to an activating group) is 1. The van der Waals surface area contributed by atoms with Crippen LogP contribution in [0, 0.1) is 0 Å². The van der Waals surface area contributed by atoms with Crippen molar-refractivity contribution in [1.82, 2.24) is 25.1 Å². The van der Waals surface area contributed by atoms with Crippen LogP contribution in [0.2, 0.25) is 0 Å². The summed E-state index contributed by atoms with van der Waals surface area (Å²) in [6.07, 6.45) is 1.73. The number of hydrogen-bond acceptors (Lipinski definition) is 6. The molecule has 31 heavy (non-hydrogen) atoms. The zero-order valence-electron chi connectivity index (χ0n) is 17.8. The average molecular weight is 417 g/mol. The molecular formula is C24H28N6O. The molecule has 0 saturated carbocycles. The molecule has 0 spiro atoms. The van der Waals surface area contributed by atoms with Crippen LogP contribution in [0.1, 0.15) is 10.4 Å². The quantitative estimate of drug-likeness (QED) is 0.617. The summed E-state index contributed by atoms with van der Waals surface area (Å²) in [4.78, 5) is 26.2. The number of hydrogen-bond donors (Lipinski definition) is 2. The van der Waals surface area contributed by atoms with Crippen molar-refractivity contribution in [2.45, 2.75) is 0 Å². The molecule has 3 aromatic rings. The van der Waals surface area contributed by atoms with Crippen molar-refractivity contribution in [3.8, 4) is 11.3 Å². The molecule has 4 rings (SSSR count). The molecule has 7 heteroatoms. The van der Waals surface area contributed by atoms with E-state index in [9.17, 15) is 4.79 Å².